The van der Waals surface area contributed by atoms with Crippen LogP contribution in [0.4, 0.5) is 13.2 Å². The highest BCUT2D eigenvalue weighted by molar-refractivity contribution is 5.24. The first kappa shape index (κ1) is 13.4. The summed E-state index contributed by atoms with van der Waals surface area (Å²) in [6.07, 6.45) is 3.21. The second-order valence-electron chi connectivity index (χ2n) is 4.64. The molecule has 1 atom stereocenters. The van der Waals surface area contributed by atoms with Gasteiger partial charge in [-0.1, -0.05) is 6.42 Å². The first-order valence-electron chi connectivity index (χ1n) is 6.22. The molecule has 0 bridgehead atoms. The molecule has 1 saturated heterocycles. The second-order valence-corrected chi connectivity index (χ2v) is 4.64. The molecule has 0 amide bonds. The summed E-state index contributed by atoms with van der Waals surface area (Å²) in [6.45, 7) is 1.84. The average molecular weight is 258 g/mol. The molecule has 100 valence electrons. The van der Waals surface area contributed by atoms with Crippen molar-refractivity contribution in [2.75, 3.05) is 19.6 Å². The van der Waals surface area contributed by atoms with Crippen LogP contribution in [0.5, 0.6) is 0 Å². The highest BCUT2D eigenvalue weighted by Gasteiger charge is 2.24. The van der Waals surface area contributed by atoms with Gasteiger partial charge in [0.25, 0.3) is 0 Å². The fourth-order valence-electron chi connectivity index (χ4n) is 2.50. The van der Waals surface area contributed by atoms with Crippen LogP contribution in [0.2, 0.25) is 0 Å². The summed E-state index contributed by atoms with van der Waals surface area (Å²) in [5, 5.41) is 0. The third-order valence-corrected chi connectivity index (χ3v) is 3.45. The number of benzene rings is 1. The van der Waals surface area contributed by atoms with Crippen molar-refractivity contribution in [2.45, 2.75) is 25.3 Å². The zero-order chi connectivity index (χ0) is 13.1. The maximum absolute atomic E-state index is 13.7. The maximum atomic E-state index is 13.7. The van der Waals surface area contributed by atoms with Crippen LogP contribution in [0, 0.1) is 17.5 Å². The number of nitrogens with zero attached hydrogens (tertiary/aromatic N) is 1. The van der Waals surface area contributed by atoms with Gasteiger partial charge in [0.15, 0.2) is 11.6 Å². The highest BCUT2D eigenvalue weighted by atomic mass is 19.2. The van der Waals surface area contributed by atoms with Crippen LogP contribution < -0.4 is 5.73 Å². The fourth-order valence-corrected chi connectivity index (χ4v) is 2.50. The van der Waals surface area contributed by atoms with Crippen molar-refractivity contribution in [1.82, 2.24) is 4.90 Å². The smallest absolute Gasteiger partial charge is 0.161 e. The number of hydrogen-bond donors (Lipinski definition) is 1. The van der Waals surface area contributed by atoms with E-state index in [0.717, 1.165) is 38.4 Å². The molecule has 2 N–H and O–H groups in total. The zero-order valence-electron chi connectivity index (χ0n) is 10.1. The van der Waals surface area contributed by atoms with Gasteiger partial charge in [-0.2, -0.15) is 0 Å². The molecule has 1 aromatic rings. The minimum absolute atomic E-state index is 0.151. The summed E-state index contributed by atoms with van der Waals surface area (Å²) < 4.78 is 39.9. The lowest BCUT2D eigenvalue weighted by Gasteiger charge is -2.34. The van der Waals surface area contributed by atoms with Crippen molar-refractivity contribution in [3.05, 3.63) is 35.1 Å². The van der Waals surface area contributed by atoms with Gasteiger partial charge < -0.3 is 5.73 Å². The number of piperidine rings is 1. The van der Waals surface area contributed by atoms with E-state index in [4.69, 9.17) is 5.73 Å². The van der Waals surface area contributed by atoms with E-state index in [1.807, 2.05) is 4.90 Å². The number of rotatable bonds is 3. The van der Waals surface area contributed by atoms with Crippen molar-refractivity contribution in [3.8, 4) is 0 Å². The number of hydrogen-bond acceptors (Lipinski definition) is 2. The van der Waals surface area contributed by atoms with Gasteiger partial charge in [-0.3, -0.25) is 4.90 Å². The molecular weight excluding hydrogens is 241 g/mol. The lowest BCUT2D eigenvalue weighted by atomic mass is 10.0. The highest BCUT2D eigenvalue weighted by Crippen LogP contribution is 2.27. The number of likely N-dealkylation sites (tertiary alicyclic amines) is 1. The standard InChI is InChI=1S/C13H17F3N2/c14-10-7-12(16)11(15)6-9(10)13(8-17)18-4-2-1-3-5-18/h6-7,13H,1-5,8,17H2. The molecule has 1 aromatic carbocycles. The molecule has 2 nitrogen and oxygen atoms in total. The van der Waals surface area contributed by atoms with Gasteiger partial charge in [0, 0.05) is 18.2 Å². The van der Waals surface area contributed by atoms with Crippen molar-refractivity contribution < 1.29 is 13.2 Å². The predicted octanol–water partition coefficient (Wildman–Crippen LogP) is 2.59. The number of nitrogens with two attached hydrogens (primary N) is 1. The SMILES string of the molecule is NCC(c1cc(F)c(F)cc1F)N1CCCCC1. The molecule has 1 unspecified atom stereocenters. The van der Waals surface area contributed by atoms with Crippen LogP contribution in [-0.2, 0) is 0 Å². The third-order valence-electron chi connectivity index (χ3n) is 3.45. The monoisotopic (exact) mass is 258 g/mol. The van der Waals surface area contributed by atoms with Crippen LogP contribution in [0.3, 0.4) is 0 Å². The molecule has 18 heavy (non-hydrogen) atoms. The molecule has 1 aliphatic rings. The van der Waals surface area contributed by atoms with E-state index >= 15 is 0 Å². The van der Waals surface area contributed by atoms with Gasteiger partial charge in [-0.05, 0) is 32.0 Å². The predicted molar refractivity (Wildman–Crippen MR) is 63.5 cm³/mol. The first-order chi connectivity index (χ1) is 8.63. The maximum Gasteiger partial charge on any atom is 0.161 e. The second kappa shape index (κ2) is 5.71. The minimum Gasteiger partial charge on any atom is -0.329 e. The molecule has 0 spiro atoms. The molecule has 1 fully saturated rings. The summed E-state index contributed by atoms with van der Waals surface area (Å²) in [4.78, 5) is 2.04. The van der Waals surface area contributed by atoms with Crippen LogP contribution in [-0.4, -0.2) is 24.5 Å². The Labute approximate surface area is 105 Å². The van der Waals surface area contributed by atoms with Gasteiger partial charge in [0.05, 0.1) is 6.04 Å². The lowest BCUT2D eigenvalue weighted by molar-refractivity contribution is 0.164. The molecule has 1 aliphatic heterocycles. The van der Waals surface area contributed by atoms with E-state index < -0.39 is 17.5 Å². The molecule has 2 rings (SSSR count). The Morgan fingerprint density at radius 3 is 2.22 bits per heavy atom. The molecule has 1 heterocycles. The van der Waals surface area contributed by atoms with Gasteiger partial charge in [-0.15, -0.1) is 0 Å². The quantitative estimate of drug-likeness (QED) is 0.844. The van der Waals surface area contributed by atoms with Gasteiger partial charge in [-0.25, -0.2) is 13.2 Å². The van der Waals surface area contributed by atoms with E-state index in [0.29, 0.717) is 6.07 Å². The fraction of sp³-hybridized carbons (Fsp3) is 0.538. The lowest BCUT2D eigenvalue weighted by Crippen LogP contribution is -2.38. The Bertz CT molecular complexity index is 417. The Morgan fingerprint density at radius 2 is 1.61 bits per heavy atom. The van der Waals surface area contributed by atoms with E-state index in [1.165, 1.54) is 0 Å². The average Bonchev–Trinajstić information content (AvgIpc) is 2.38. The van der Waals surface area contributed by atoms with Crippen LogP contribution in [0.25, 0.3) is 0 Å². The van der Waals surface area contributed by atoms with Crippen molar-refractivity contribution >= 4 is 0 Å². The van der Waals surface area contributed by atoms with Crippen LogP contribution in [0.15, 0.2) is 12.1 Å². The minimum atomic E-state index is -1.16. The molecule has 0 radical (unpaired) electrons. The Morgan fingerprint density at radius 1 is 1.00 bits per heavy atom. The molecule has 0 saturated carbocycles. The van der Waals surface area contributed by atoms with E-state index in [1.54, 1.807) is 0 Å². The number of halogens is 3. The van der Waals surface area contributed by atoms with Crippen molar-refractivity contribution in [3.63, 3.8) is 0 Å². The van der Waals surface area contributed by atoms with Gasteiger partial charge >= 0.3 is 0 Å². The normalized spacial score (nSPS) is 18.9. The largest absolute Gasteiger partial charge is 0.329 e. The van der Waals surface area contributed by atoms with Crippen molar-refractivity contribution in [1.29, 1.82) is 0 Å². The summed E-state index contributed by atoms with van der Waals surface area (Å²) in [7, 11) is 0. The topological polar surface area (TPSA) is 29.3 Å². The molecule has 5 heteroatoms. The zero-order valence-corrected chi connectivity index (χ0v) is 10.1. The van der Waals surface area contributed by atoms with Crippen molar-refractivity contribution in [2.24, 2.45) is 5.73 Å². The van der Waals surface area contributed by atoms with Crippen LogP contribution >= 0.6 is 0 Å². The van der Waals surface area contributed by atoms with Gasteiger partial charge in [0.1, 0.15) is 5.82 Å². The Hall–Kier alpha value is -1.07. The van der Waals surface area contributed by atoms with E-state index in [2.05, 4.69) is 0 Å². The Kier molecular flexibility index (Phi) is 4.24. The molecule has 0 aliphatic carbocycles. The summed E-state index contributed by atoms with van der Waals surface area (Å²) in [5.41, 5.74) is 5.82. The first-order valence-corrected chi connectivity index (χ1v) is 6.22. The van der Waals surface area contributed by atoms with E-state index in [9.17, 15) is 13.2 Å². The summed E-state index contributed by atoms with van der Waals surface area (Å²) in [5.74, 6) is -2.91. The summed E-state index contributed by atoms with van der Waals surface area (Å²) in [6, 6.07) is 1.15. The Balaban J connectivity index is 2.28. The molecule has 0 aromatic heterocycles. The third kappa shape index (κ3) is 2.67. The van der Waals surface area contributed by atoms with E-state index in [-0.39, 0.29) is 18.2 Å². The molecular formula is C13H17F3N2. The van der Waals surface area contributed by atoms with Gasteiger partial charge in [0.2, 0.25) is 0 Å². The van der Waals surface area contributed by atoms with Crippen LogP contribution in [0.1, 0.15) is 30.9 Å². The summed E-state index contributed by atoms with van der Waals surface area (Å²) >= 11 is 0.